The van der Waals surface area contributed by atoms with Gasteiger partial charge in [0, 0.05) is 37.0 Å². The zero-order valence-electron chi connectivity index (χ0n) is 14.6. The van der Waals surface area contributed by atoms with Crippen LogP contribution in [0.25, 0.3) is 0 Å². The second kappa shape index (κ2) is 6.49. The first kappa shape index (κ1) is 16.7. The van der Waals surface area contributed by atoms with Crippen molar-refractivity contribution >= 4 is 17.2 Å². The third-order valence-electron chi connectivity index (χ3n) is 5.09. The van der Waals surface area contributed by atoms with Crippen molar-refractivity contribution in [1.29, 1.82) is 0 Å². The molecule has 1 aliphatic carbocycles. The molecule has 2 aliphatic rings. The summed E-state index contributed by atoms with van der Waals surface area (Å²) < 4.78 is 5.84. The molecule has 7 nitrogen and oxygen atoms in total. The monoisotopic (exact) mass is 361 g/mol. The maximum atomic E-state index is 11.8. The third-order valence-corrected chi connectivity index (χ3v) is 6.25. The van der Waals surface area contributed by atoms with Crippen molar-refractivity contribution in [3.05, 3.63) is 27.9 Å². The topological polar surface area (TPSA) is 84.2 Å². The molecule has 0 bridgehead atoms. The van der Waals surface area contributed by atoms with Gasteiger partial charge >= 0.3 is 0 Å². The number of carbonyl (C=O) groups is 1. The van der Waals surface area contributed by atoms with Gasteiger partial charge in [0.25, 0.3) is 0 Å². The fourth-order valence-corrected chi connectivity index (χ4v) is 4.58. The summed E-state index contributed by atoms with van der Waals surface area (Å²) in [6.45, 7) is 5.73. The molecule has 1 amide bonds. The highest BCUT2D eigenvalue weighted by molar-refractivity contribution is 7.09. The minimum absolute atomic E-state index is 0.0280. The van der Waals surface area contributed by atoms with E-state index in [1.807, 2.05) is 12.3 Å². The van der Waals surface area contributed by atoms with Crippen LogP contribution in [-0.2, 0) is 16.9 Å². The summed E-state index contributed by atoms with van der Waals surface area (Å²) in [6.07, 6.45) is 4.39. The van der Waals surface area contributed by atoms with Gasteiger partial charge in [0.15, 0.2) is 0 Å². The highest BCUT2D eigenvalue weighted by Gasteiger charge is 2.43. The SMILES string of the molecule is CC(=O)NC1(c2nc(C)cs2)CCN(Cc2nnc(C3CCC3)o2)C1. The van der Waals surface area contributed by atoms with Crippen LogP contribution in [0.1, 0.15) is 61.0 Å². The molecule has 1 aliphatic heterocycles. The normalized spacial score (nSPS) is 24.4. The van der Waals surface area contributed by atoms with Crippen molar-refractivity contribution in [2.24, 2.45) is 0 Å². The summed E-state index contributed by atoms with van der Waals surface area (Å²) in [5.74, 6) is 1.87. The Hall–Kier alpha value is -1.80. The first-order chi connectivity index (χ1) is 12.0. The molecule has 0 aromatic carbocycles. The summed E-state index contributed by atoms with van der Waals surface area (Å²) >= 11 is 1.61. The van der Waals surface area contributed by atoms with Crippen molar-refractivity contribution in [3.63, 3.8) is 0 Å². The number of carbonyl (C=O) groups excluding carboxylic acids is 1. The Morgan fingerprint density at radius 2 is 2.32 bits per heavy atom. The molecule has 134 valence electrons. The number of nitrogens with zero attached hydrogens (tertiary/aromatic N) is 4. The zero-order chi connectivity index (χ0) is 17.4. The van der Waals surface area contributed by atoms with E-state index in [0.717, 1.165) is 42.4 Å². The largest absolute Gasteiger partial charge is 0.424 e. The van der Waals surface area contributed by atoms with E-state index in [2.05, 4.69) is 25.4 Å². The van der Waals surface area contributed by atoms with Crippen LogP contribution in [0.2, 0.25) is 0 Å². The van der Waals surface area contributed by atoms with E-state index >= 15 is 0 Å². The van der Waals surface area contributed by atoms with Gasteiger partial charge < -0.3 is 9.73 Å². The Balaban J connectivity index is 1.47. The van der Waals surface area contributed by atoms with Crippen LogP contribution < -0.4 is 5.32 Å². The molecule has 2 aromatic heterocycles. The van der Waals surface area contributed by atoms with Crippen LogP contribution in [0.3, 0.4) is 0 Å². The summed E-state index contributed by atoms with van der Waals surface area (Å²) in [6, 6.07) is 0. The molecule has 0 spiro atoms. The molecule has 1 N–H and O–H groups in total. The van der Waals surface area contributed by atoms with Gasteiger partial charge in [0.1, 0.15) is 10.5 Å². The lowest BCUT2D eigenvalue weighted by Gasteiger charge is -2.28. The predicted octanol–water partition coefficient (Wildman–Crippen LogP) is 2.34. The minimum Gasteiger partial charge on any atom is -0.424 e. The summed E-state index contributed by atoms with van der Waals surface area (Å²) in [7, 11) is 0. The first-order valence-electron chi connectivity index (χ1n) is 8.80. The molecule has 8 heteroatoms. The van der Waals surface area contributed by atoms with E-state index in [1.54, 1.807) is 18.3 Å². The van der Waals surface area contributed by atoms with Crippen LogP contribution >= 0.6 is 11.3 Å². The second-order valence-electron chi connectivity index (χ2n) is 7.18. The number of rotatable bonds is 5. The third kappa shape index (κ3) is 3.32. The molecule has 25 heavy (non-hydrogen) atoms. The average molecular weight is 361 g/mol. The quantitative estimate of drug-likeness (QED) is 0.880. The van der Waals surface area contributed by atoms with Crippen molar-refractivity contribution < 1.29 is 9.21 Å². The lowest BCUT2D eigenvalue weighted by molar-refractivity contribution is -0.120. The molecule has 4 rings (SSSR count). The number of hydrogen-bond acceptors (Lipinski definition) is 7. The van der Waals surface area contributed by atoms with E-state index < -0.39 is 5.54 Å². The number of amides is 1. The minimum atomic E-state index is -0.415. The average Bonchev–Trinajstić information content (AvgIpc) is 3.19. The fourth-order valence-electron chi connectivity index (χ4n) is 3.61. The number of likely N-dealkylation sites (tertiary alicyclic amines) is 1. The number of aromatic nitrogens is 3. The van der Waals surface area contributed by atoms with E-state index in [0.29, 0.717) is 24.9 Å². The van der Waals surface area contributed by atoms with Crippen molar-refractivity contribution in [3.8, 4) is 0 Å². The number of aryl methyl sites for hydroxylation is 1. The van der Waals surface area contributed by atoms with Gasteiger partial charge in [-0.3, -0.25) is 9.69 Å². The van der Waals surface area contributed by atoms with E-state index in [4.69, 9.17) is 4.42 Å². The molecule has 1 saturated heterocycles. The van der Waals surface area contributed by atoms with E-state index in [1.165, 1.54) is 6.42 Å². The maximum Gasteiger partial charge on any atom is 0.230 e. The first-order valence-corrected chi connectivity index (χ1v) is 9.68. The second-order valence-corrected chi connectivity index (χ2v) is 8.04. The molecule has 1 unspecified atom stereocenters. The molecular formula is C17H23N5O2S. The molecule has 3 heterocycles. The fraction of sp³-hybridized carbons (Fsp3) is 0.647. The van der Waals surface area contributed by atoms with Crippen LogP contribution in [0, 0.1) is 6.92 Å². The Morgan fingerprint density at radius 1 is 1.48 bits per heavy atom. The van der Waals surface area contributed by atoms with Gasteiger partial charge in [0.2, 0.25) is 17.7 Å². The molecule has 1 atom stereocenters. The molecule has 2 fully saturated rings. The lowest BCUT2D eigenvalue weighted by atomic mass is 9.85. The number of hydrogen-bond donors (Lipinski definition) is 1. The highest BCUT2D eigenvalue weighted by Crippen LogP contribution is 2.37. The van der Waals surface area contributed by atoms with E-state index in [-0.39, 0.29) is 5.91 Å². The smallest absolute Gasteiger partial charge is 0.230 e. The van der Waals surface area contributed by atoms with Crippen molar-refractivity contribution in [2.75, 3.05) is 13.1 Å². The Labute approximate surface area is 150 Å². The standard InChI is InChI=1S/C17H23N5O2S/c1-11-9-25-16(18-11)17(19-12(2)23)6-7-22(10-17)8-14-20-21-15(24-14)13-4-3-5-13/h9,13H,3-8,10H2,1-2H3,(H,19,23). The van der Waals surface area contributed by atoms with Gasteiger partial charge in [-0.05, 0) is 26.2 Å². The summed E-state index contributed by atoms with van der Waals surface area (Å²) in [5, 5.41) is 14.6. The van der Waals surface area contributed by atoms with Gasteiger partial charge in [-0.15, -0.1) is 21.5 Å². The highest BCUT2D eigenvalue weighted by atomic mass is 32.1. The molecule has 1 saturated carbocycles. The van der Waals surface area contributed by atoms with Crippen LogP contribution in [0.4, 0.5) is 0 Å². The maximum absolute atomic E-state index is 11.8. The molecular weight excluding hydrogens is 338 g/mol. The Kier molecular flexibility index (Phi) is 4.33. The van der Waals surface area contributed by atoms with Gasteiger partial charge in [0.05, 0.1) is 6.54 Å². The Bertz CT molecular complexity index is 769. The zero-order valence-corrected chi connectivity index (χ0v) is 15.4. The molecule has 2 aromatic rings. The van der Waals surface area contributed by atoms with Crippen molar-refractivity contribution in [2.45, 2.75) is 57.5 Å². The number of thiazole rings is 1. The van der Waals surface area contributed by atoms with Crippen LogP contribution in [-0.4, -0.2) is 39.1 Å². The summed E-state index contributed by atoms with van der Waals surface area (Å²) in [4.78, 5) is 18.7. The lowest BCUT2D eigenvalue weighted by Crippen LogP contribution is -2.47. The van der Waals surface area contributed by atoms with Gasteiger partial charge in [-0.1, -0.05) is 6.42 Å². The Morgan fingerprint density at radius 3 is 2.96 bits per heavy atom. The molecule has 0 radical (unpaired) electrons. The van der Waals surface area contributed by atoms with E-state index in [9.17, 15) is 4.79 Å². The van der Waals surface area contributed by atoms with Gasteiger partial charge in [-0.2, -0.15) is 0 Å². The predicted molar refractivity (Wildman–Crippen MR) is 93.1 cm³/mol. The van der Waals surface area contributed by atoms with Crippen LogP contribution in [0.5, 0.6) is 0 Å². The van der Waals surface area contributed by atoms with Crippen molar-refractivity contribution in [1.82, 2.24) is 25.4 Å². The van der Waals surface area contributed by atoms with Crippen LogP contribution in [0.15, 0.2) is 9.80 Å². The summed E-state index contributed by atoms with van der Waals surface area (Å²) in [5.41, 5.74) is 0.576. The number of nitrogens with one attached hydrogen (secondary N) is 1. The van der Waals surface area contributed by atoms with Gasteiger partial charge in [-0.25, -0.2) is 4.98 Å².